The van der Waals surface area contributed by atoms with Crippen LogP contribution < -0.4 is 15.5 Å². The molecule has 2 N–H and O–H groups in total. The Balaban J connectivity index is 1.56. The number of nitrogens with one attached hydrogen (secondary N) is 2. The summed E-state index contributed by atoms with van der Waals surface area (Å²) in [6.45, 7) is 12.9. The van der Waals surface area contributed by atoms with E-state index in [4.69, 9.17) is 4.99 Å². The van der Waals surface area contributed by atoms with Gasteiger partial charge in [-0.3, -0.25) is 0 Å². The number of aliphatic imine (C=N–C) groups is 1. The molecular formula is C21H32N6S. The van der Waals surface area contributed by atoms with Gasteiger partial charge in [-0.25, -0.2) is 15.0 Å². The van der Waals surface area contributed by atoms with Crippen LogP contribution in [0.4, 0.5) is 5.82 Å². The van der Waals surface area contributed by atoms with Gasteiger partial charge in [0.05, 0.1) is 18.8 Å². The third-order valence-electron chi connectivity index (χ3n) is 5.16. The number of thiazole rings is 1. The molecule has 7 heteroatoms. The summed E-state index contributed by atoms with van der Waals surface area (Å²) in [6, 6.07) is 4.27. The predicted octanol–water partition coefficient (Wildman–Crippen LogP) is 3.65. The molecule has 2 aromatic rings. The molecule has 0 saturated carbocycles. The van der Waals surface area contributed by atoms with Crippen molar-refractivity contribution in [2.45, 2.75) is 53.6 Å². The van der Waals surface area contributed by atoms with Gasteiger partial charge in [0, 0.05) is 30.7 Å². The van der Waals surface area contributed by atoms with Crippen LogP contribution in [-0.2, 0) is 13.1 Å². The molecule has 28 heavy (non-hydrogen) atoms. The molecule has 6 nitrogen and oxygen atoms in total. The summed E-state index contributed by atoms with van der Waals surface area (Å²) in [6.07, 6.45) is 4.46. The molecule has 0 aromatic carbocycles. The first-order valence-corrected chi connectivity index (χ1v) is 11.0. The van der Waals surface area contributed by atoms with E-state index in [0.29, 0.717) is 13.1 Å². The zero-order valence-electron chi connectivity index (χ0n) is 17.5. The summed E-state index contributed by atoms with van der Waals surface area (Å²) in [5.41, 5.74) is 2.23. The van der Waals surface area contributed by atoms with Crippen molar-refractivity contribution >= 4 is 23.1 Å². The molecule has 0 amide bonds. The van der Waals surface area contributed by atoms with Crippen LogP contribution in [-0.4, -0.2) is 35.6 Å². The maximum absolute atomic E-state index is 4.70. The predicted molar refractivity (Wildman–Crippen MR) is 118 cm³/mol. The summed E-state index contributed by atoms with van der Waals surface area (Å²) in [5, 5.41) is 7.76. The van der Waals surface area contributed by atoms with E-state index in [-0.39, 0.29) is 0 Å². The number of aromatic nitrogens is 2. The second-order valence-corrected chi connectivity index (χ2v) is 8.78. The van der Waals surface area contributed by atoms with Crippen molar-refractivity contribution in [1.82, 2.24) is 20.6 Å². The zero-order valence-corrected chi connectivity index (χ0v) is 18.3. The maximum atomic E-state index is 4.70. The molecule has 0 bridgehead atoms. The second-order valence-electron chi connectivity index (χ2n) is 7.49. The molecule has 0 aliphatic carbocycles. The lowest BCUT2D eigenvalue weighted by Crippen LogP contribution is -2.36. The average molecular weight is 401 g/mol. The molecule has 0 radical (unpaired) electrons. The first kappa shape index (κ1) is 20.6. The van der Waals surface area contributed by atoms with Crippen LogP contribution in [0.5, 0.6) is 0 Å². The second kappa shape index (κ2) is 9.87. The Labute approximate surface area is 172 Å². The molecule has 2 aromatic heterocycles. The first-order valence-electron chi connectivity index (χ1n) is 10.2. The van der Waals surface area contributed by atoms with Crippen molar-refractivity contribution < 1.29 is 0 Å². The number of hydrogen-bond donors (Lipinski definition) is 2. The van der Waals surface area contributed by atoms with Crippen LogP contribution in [0.3, 0.4) is 0 Å². The maximum Gasteiger partial charge on any atom is 0.191 e. The monoisotopic (exact) mass is 400 g/mol. The highest BCUT2D eigenvalue weighted by atomic mass is 32.1. The normalized spacial score (nSPS) is 15.7. The molecule has 1 aliphatic rings. The number of rotatable bonds is 6. The van der Waals surface area contributed by atoms with E-state index in [1.807, 2.05) is 6.20 Å². The van der Waals surface area contributed by atoms with Gasteiger partial charge < -0.3 is 15.5 Å². The number of hydrogen-bond acceptors (Lipinski definition) is 5. The number of nitrogens with zero attached hydrogens (tertiary/aromatic N) is 4. The van der Waals surface area contributed by atoms with Crippen molar-refractivity contribution in [2.24, 2.45) is 10.9 Å². The molecule has 0 unspecified atom stereocenters. The van der Waals surface area contributed by atoms with Crippen molar-refractivity contribution in [3.05, 3.63) is 39.5 Å². The van der Waals surface area contributed by atoms with Crippen molar-refractivity contribution in [3.63, 3.8) is 0 Å². The highest BCUT2D eigenvalue weighted by Crippen LogP contribution is 2.21. The molecule has 0 spiro atoms. The fourth-order valence-corrected chi connectivity index (χ4v) is 4.09. The van der Waals surface area contributed by atoms with Crippen molar-refractivity contribution in [3.8, 4) is 0 Å². The molecule has 3 rings (SSSR count). The van der Waals surface area contributed by atoms with Crippen LogP contribution in [0.2, 0.25) is 0 Å². The Morgan fingerprint density at radius 2 is 2.04 bits per heavy atom. The smallest absolute Gasteiger partial charge is 0.191 e. The lowest BCUT2D eigenvalue weighted by Gasteiger charge is -2.31. The fraction of sp³-hybridized carbons (Fsp3) is 0.571. The molecule has 1 saturated heterocycles. The van der Waals surface area contributed by atoms with Gasteiger partial charge in [0.1, 0.15) is 10.8 Å². The Kier molecular flexibility index (Phi) is 7.25. The molecule has 0 atom stereocenters. The first-order chi connectivity index (χ1) is 13.5. The zero-order chi connectivity index (χ0) is 19.9. The van der Waals surface area contributed by atoms with Gasteiger partial charge in [0.25, 0.3) is 0 Å². The van der Waals surface area contributed by atoms with Gasteiger partial charge in [-0.15, -0.1) is 11.3 Å². The minimum Gasteiger partial charge on any atom is -0.357 e. The lowest BCUT2D eigenvalue weighted by molar-refractivity contribution is 0.436. The molecule has 1 aliphatic heterocycles. The van der Waals surface area contributed by atoms with Crippen LogP contribution in [0.15, 0.2) is 23.3 Å². The molecule has 3 heterocycles. The van der Waals surface area contributed by atoms with Gasteiger partial charge in [0.2, 0.25) is 0 Å². The van der Waals surface area contributed by atoms with Crippen LogP contribution in [0.25, 0.3) is 0 Å². The third kappa shape index (κ3) is 5.67. The Morgan fingerprint density at radius 3 is 2.64 bits per heavy atom. The number of pyridine rings is 1. The summed E-state index contributed by atoms with van der Waals surface area (Å²) in [4.78, 5) is 17.6. The Morgan fingerprint density at radius 1 is 1.25 bits per heavy atom. The van der Waals surface area contributed by atoms with E-state index >= 15 is 0 Å². The number of aryl methyl sites for hydroxylation is 2. The number of anilines is 1. The average Bonchev–Trinajstić information content (AvgIpc) is 3.03. The Hall–Kier alpha value is -2.15. The fourth-order valence-electron chi connectivity index (χ4n) is 3.22. The summed E-state index contributed by atoms with van der Waals surface area (Å²) in [5.74, 6) is 2.72. The van der Waals surface area contributed by atoms with Crippen LogP contribution >= 0.6 is 11.3 Å². The van der Waals surface area contributed by atoms with Crippen LogP contribution in [0, 0.1) is 19.8 Å². The SMILES string of the molecule is CCNC(=NCc1ccc(N2CCC(C)CC2)nc1)NCc1nc(C)c(C)s1. The minimum absolute atomic E-state index is 0.607. The van der Waals surface area contributed by atoms with E-state index in [2.05, 4.69) is 65.3 Å². The standard InChI is InChI=1S/C21H32N6S/c1-5-22-21(25-14-20-26-16(3)17(4)28-20)24-13-18-6-7-19(23-12-18)27-10-8-15(2)9-11-27/h6-7,12,15H,5,8-11,13-14H2,1-4H3,(H2,22,24,25). The number of piperidine rings is 1. The van der Waals surface area contributed by atoms with Gasteiger partial charge in [-0.2, -0.15) is 0 Å². The minimum atomic E-state index is 0.607. The molecule has 1 fully saturated rings. The van der Waals surface area contributed by atoms with Crippen LogP contribution in [0.1, 0.15) is 47.8 Å². The quantitative estimate of drug-likeness (QED) is 0.572. The summed E-state index contributed by atoms with van der Waals surface area (Å²) in [7, 11) is 0. The van der Waals surface area contributed by atoms with E-state index in [0.717, 1.165) is 53.6 Å². The van der Waals surface area contributed by atoms with E-state index in [9.17, 15) is 0 Å². The summed E-state index contributed by atoms with van der Waals surface area (Å²) >= 11 is 1.73. The summed E-state index contributed by atoms with van der Waals surface area (Å²) < 4.78 is 0. The largest absolute Gasteiger partial charge is 0.357 e. The highest BCUT2D eigenvalue weighted by molar-refractivity contribution is 7.11. The van der Waals surface area contributed by atoms with Gasteiger partial charge >= 0.3 is 0 Å². The lowest BCUT2D eigenvalue weighted by atomic mass is 9.99. The van der Waals surface area contributed by atoms with E-state index in [1.165, 1.54) is 17.7 Å². The molecule has 152 valence electrons. The molecular weight excluding hydrogens is 368 g/mol. The highest BCUT2D eigenvalue weighted by Gasteiger charge is 2.16. The van der Waals surface area contributed by atoms with Crippen molar-refractivity contribution in [1.29, 1.82) is 0 Å². The van der Waals surface area contributed by atoms with Gasteiger partial charge in [-0.05, 0) is 51.2 Å². The van der Waals surface area contributed by atoms with E-state index in [1.54, 1.807) is 11.3 Å². The third-order valence-corrected chi connectivity index (χ3v) is 6.23. The van der Waals surface area contributed by atoms with Crippen molar-refractivity contribution in [2.75, 3.05) is 24.5 Å². The van der Waals surface area contributed by atoms with E-state index < -0.39 is 0 Å². The van der Waals surface area contributed by atoms with Gasteiger partial charge in [-0.1, -0.05) is 13.0 Å². The topological polar surface area (TPSA) is 65.4 Å². The Bertz CT molecular complexity index is 755. The van der Waals surface area contributed by atoms with Gasteiger partial charge in [0.15, 0.2) is 5.96 Å². The number of guanidine groups is 1.